The average molecular weight is 484 g/mol. The van der Waals surface area contributed by atoms with Crippen molar-refractivity contribution in [2.24, 2.45) is 0 Å². The van der Waals surface area contributed by atoms with Gasteiger partial charge in [0.1, 0.15) is 5.69 Å². The van der Waals surface area contributed by atoms with Crippen molar-refractivity contribution in [2.45, 2.75) is 64.0 Å². The number of methoxy groups -OCH3 is 1. The van der Waals surface area contributed by atoms with Gasteiger partial charge in [0.15, 0.2) is 17.1 Å². The number of hydrogen-bond donors (Lipinski definition) is 0. The highest BCUT2D eigenvalue weighted by atomic mass is 16.5. The van der Waals surface area contributed by atoms with E-state index < -0.39 is 0 Å². The van der Waals surface area contributed by atoms with Gasteiger partial charge in [-0.15, -0.1) is 0 Å². The maximum absolute atomic E-state index is 6.58. The van der Waals surface area contributed by atoms with Crippen LogP contribution in [0.25, 0.3) is 11.0 Å². The minimum absolute atomic E-state index is 0.104. The fourth-order valence-corrected chi connectivity index (χ4v) is 5.34. The van der Waals surface area contributed by atoms with Crippen LogP contribution in [0.1, 0.15) is 62.7 Å². The van der Waals surface area contributed by atoms with Crippen LogP contribution < -0.4 is 14.4 Å². The normalized spacial score (nSPS) is 16.7. The van der Waals surface area contributed by atoms with Gasteiger partial charge in [0.25, 0.3) is 0 Å². The molecule has 1 fully saturated rings. The summed E-state index contributed by atoms with van der Waals surface area (Å²) >= 11 is 0. The summed E-state index contributed by atoms with van der Waals surface area (Å²) in [5.41, 5.74) is 4.19. The van der Waals surface area contributed by atoms with Crippen LogP contribution in [0.15, 0.2) is 71.3 Å². The Morgan fingerprint density at radius 3 is 2.72 bits per heavy atom. The second-order valence-electron chi connectivity index (χ2n) is 9.55. The quantitative estimate of drug-likeness (QED) is 0.233. The van der Waals surface area contributed by atoms with Gasteiger partial charge in [0.2, 0.25) is 0 Å². The van der Waals surface area contributed by atoms with E-state index >= 15 is 0 Å². The van der Waals surface area contributed by atoms with Crippen LogP contribution >= 0.6 is 0 Å². The molecular weight excluding hydrogens is 448 g/mol. The molecule has 5 rings (SSSR count). The molecule has 2 atom stereocenters. The largest absolute Gasteiger partial charge is 0.491 e. The third-order valence-corrected chi connectivity index (χ3v) is 7.12. The van der Waals surface area contributed by atoms with Gasteiger partial charge in [0.05, 0.1) is 24.9 Å². The number of aromatic nitrogens is 1. The van der Waals surface area contributed by atoms with Crippen molar-refractivity contribution in [3.8, 4) is 11.5 Å². The lowest BCUT2D eigenvalue weighted by atomic mass is 9.96. The van der Waals surface area contributed by atoms with Crippen LogP contribution in [-0.4, -0.2) is 24.9 Å². The van der Waals surface area contributed by atoms with Crippen LogP contribution in [0.3, 0.4) is 0 Å². The summed E-state index contributed by atoms with van der Waals surface area (Å²) in [6.45, 7) is 3.13. The van der Waals surface area contributed by atoms with E-state index in [1.165, 1.54) is 5.56 Å². The van der Waals surface area contributed by atoms with Crippen molar-refractivity contribution in [3.05, 3.63) is 84.1 Å². The second-order valence-corrected chi connectivity index (χ2v) is 9.55. The van der Waals surface area contributed by atoms with Crippen LogP contribution in [0.5, 0.6) is 11.5 Å². The number of piperidine rings is 1. The predicted molar refractivity (Wildman–Crippen MR) is 144 cm³/mol. The highest BCUT2D eigenvalue weighted by Gasteiger charge is 2.31. The lowest BCUT2D eigenvalue weighted by Crippen LogP contribution is -2.34. The van der Waals surface area contributed by atoms with E-state index in [2.05, 4.69) is 65.5 Å². The summed E-state index contributed by atoms with van der Waals surface area (Å²) in [5.74, 6) is 1.44. The molecule has 0 spiro atoms. The molecule has 0 N–H and O–H groups in total. The smallest absolute Gasteiger partial charge is 0.184 e. The van der Waals surface area contributed by atoms with E-state index in [1.54, 1.807) is 7.11 Å². The first-order chi connectivity index (χ1) is 17.8. The van der Waals surface area contributed by atoms with Gasteiger partial charge in [-0.25, -0.2) is 0 Å². The highest BCUT2D eigenvalue weighted by molar-refractivity contribution is 5.80. The molecule has 4 aromatic rings. The SMILES string of the molecule is CCCC(CCc1ccccc1)Oc1[c]ccc(N2CCCCC2c2noc3ccccc23)c1OC. The van der Waals surface area contributed by atoms with Gasteiger partial charge in [-0.05, 0) is 68.4 Å². The molecule has 1 aromatic heterocycles. The maximum Gasteiger partial charge on any atom is 0.184 e. The molecule has 0 aliphatic carbocycles. The Hall–Kier alpha value is -3.47. The molecule has 5 nitrogen and oxygen atoms in total. The number of nitrogens with zero attached hydrogens (tertiary/aromatic N) is 2. The fourth-order valence-electron chi connectivity index (χ4n) is 5.34. The predicted octanol–water partition coefficient (Wildman–Crippen LogP) is 7.55. The first-order valence-corrected chi connectivity index (χ1v) is 13.2. The summed E-state index contributed by atoms with van der Waals surface area (Å²) < 4.78 is 18.2. The summed E-state index contributed by atoms with van der Waals surface area (Å²) in [6, 6.07) is 26.2. The molecule has 2 heterocycles. The molecular formula is C31H35N2O3. The van der Waals surface area contributed by atoms with E-state index in [0.29, 0.717) is 5.75 Å². The third kappa shape index (κ3) is 5.20. The van der Waals surface area contributed by atoms with Crippen molar-refractivity contribution >= 4 is 16.7 Å². The third-order valence-electron chi connectivity index (χ3n) is 7.12. The minimum Gasteiger partial charge on any atom is -0.491 e. The van der Waals surface area contributed by atoms with Crippen molar-refractivity contribution < 1.29 is 14.0 Å². The van der Waals surface area contributed by atoms with E-state index in [-0.39, 0.29) is 12.1 Å². The number of benzene rings is 3. The van der Waals surface area contributed by atoms with Crippen molar-refractivity contribution in [2.75, 3.05) is 18.6 Å². The zero-order chi connectivity index (χ0) is 24.7. The maximum atomic E-state index is 6.58. The zero-order valence-corrected chi connectivity index (χ0v) is 21.3. The Kier molecular flexibility index (Phi) is 7.75. The molecule has 36 heavy (non-hydrogen) atoms. The minimum atomic E-state index is 0.104. The Balaban J connectivity index is 1.42. The molecule has 0 amide bonds. The molecule has 5 heteroatoms. The van der Waals surface area contributed by atoms with Gasteiger partial charge in [-0.1, -0.05) is 61.0 Å². The van der Waals surface area contributed by atoms with Crippen molar-refractivity contribution in [1.82, 2.24) is 5.16 Å². The topological polar surface area (TPSA) is 47.7 Å². The van der Waals surface area contributed by atoms with Crippen LogP contribution in [0.4, 0.5) is 5.69 Å². The number of hydrogen-bond acceptors (Lipinski definition) is 5. The van der Waals surface area contributed by atoms with E-state index in [1.807, 2.05) is 24.3 Å². The van der Waals surface area contributed by atoms with Gasteiger partial charge in [-0.3, -0.25) is 0 Å². The number of para-hydroxylation sites is 1. The molecule has 1 aliphatic rings. The molecule has 0 bridgehead atoms. The Labute approximate surface area is 214 Å². The summed E-state index contributed by atoms with van der Waals surface area (Å²) in [6.07, 6.45) is 7.40. The molecule has 1 aliphatic heterocycles. The molecule has 187 valence electrons. The van der Waals surface area contributed by atoms with Gasteiger partial charge >= 0.3 is 0 Å². The lowest BCUT2D eigenvalue weighted by Gasteiger charge is -2.37. The fraction of sp³-hybridized carbons (Fsp3) is 0.387. The number of ether oxygens (including phenoxy) is 2. The molecule has 1 radical (unpaired) electrons. The first-order valence-electron chi connectivity index (χ1n) is 13.2. The van der Waals surface area contributed by atoms with Gasteiger partial charge in [0, 0.05) is 18.0 Å². The van der Waals surface area contributed by atoms with Gasteiger partial charge in [-0.2, -0.15) is 0 Å². The average Bonchev–Trinajstić information content (AvgIpc) is 3.36. The second kappa shape index (κ2) is 11.5. The first kappa shape index (κ1) is 24.2. The van der Waals surface area contributed by atoms with Crippen LogP contribution in [0.2, 0.25) is 0 Å². The summed E-state index contributed by atoms with van der Waals surface area (Å²) in [7, 11) is 1.72. The van der Waals surface area contributed by atoms with E-state index in [9.17, 15) is 0 Å². The van der Waals surface area contributed by atoms with E-state index in [0.717, 1.165) is 79.6 Å². The Morgan fingerprint density at radius 2 is 1.89 bits per heavy atom. The molecule has 0 saturated carbocycles. The number of anilines is 1. The number of fused-ring (bicyclic) bond motifs is 1. The monoisotopic (exact) mass is 483 g/mol. The number of rotatable bonds is 10. The number of aryl methyl sites for hydroxylation is 1. The highest BCUT2D eigenvalue weighted by Crippen LogP contribution is 2.44. The molecule has 1 saturated heterocycles. The zero-order valence-electron chi connectivity index (χ0n) is 21.3. The van der Waals surface area contributed by atoms with Crippen LogP contribution in [-0.2, 0) is 6.42 Å². The Bertz CT molecular complexity index is 1250. The van der Waals surface area contributed by atoms with Gasteiger partial charge < -0.3 is 18.9 Å². The Morgan fingerprint density at radius 1 is 1.06 bits per heavy atom. The van der Waals surface area contributed by atoms with Crippen molar-refractivity contribution in [1.29, 1.82) is 0 Å². The summed E-state index contributed by atoms with van der Waals surface area (Å²) in [5, 5.41) is 5.58. The summed E-state index contributed by atoms with van der Waals surface area (Å²) in [4.78, 5) is 2.41. The lowest BCUT2D eigenvalue weighted by molar-refractivity contribution is 0.172. The molecule has 3 aromatic carbocycles. The van der Waals surface area contributed by atoms with E-state index in [4.69, 9.17) is 14.0 Å². The van der Waals surface area contributed by atoms with Crippen LogP contribution in [0, 0.1) is 6.07 Å². The molecule has 2 unspecified atom stereocenters. The van der Waals surface area contributed by atoms with Crippen molar-refractivity contribution in [3.63, 3.8) is 0 Å². The standard InChI is InChI=1S/C31H35N2O3/c1-3-12-24(21-20-23-13-5-4-6-14-23)35-29-19-11-17-27(31(29)34-2)33-22-10-9-16-26(33)30-25-15-7-8-18-28(25)36-32-30/h4-8,11,13-15,17-18,24,26H,3,9-10,12,16,20-22H2,1-2H3.